The van der Waals surface area contributed by atoms with Crippen molar-refractivity contribution in [3.05, 3.63) is 35.6 Å². The monoisotopic (exact) mass is 250 g/mol. The van der Waals surface area contributed by atoms with Crippen molar-refractivity contribution in [1.82, 2.24) is 0 Å². The van der Waals surface area contributed by atoms with E-state index in [-0.39, 0.29) is 5.82 Å². The largest absolute Gasteiger partial charge is 0.385 e. The Balaban J connectivity index is 2.18. The van der Waals surface area contributed by atoms with Crippen LogP contribution in [0.15, 0.2) is 24.3 Å². The molecule has 1 N–H and O–H groups in total. The summed E-state index contributed by atoms with van der Waals surface area (Å²) in [5, 5.41) is 10.8. The first-order valence-corrected chi connectivity index (χ1v) is 6.98. The zero-order valence-corrected chi connectivity index (χ0v) is 11.3. The molecule has 0 aromatic heterocycles. The molecule has 0 saturated heterocycles. The predicted octanol–water partition coefficient (Wildman–Crippen LogP) is 4.25. The van der Waals surface area contributed by atoms with Gasteiger partial charge in [0.1, 0.15) is 5.82 Å². The second kappa shape index (κ2) is 5.40. The number of hydrogen-bond donors (Lipinski definition) is 1. The van der Waals surface area contributed by atoms with Gasteiger partial charge in [-0.2, -0.15) is 0 Å². The van der Waals surface area contributed by atoms with Gasteiger partial charge in [-0.1, -0.05) is 38.5 Å². The Bertz CT molecular complexity index is 402. The summed E-state index contributed by atoms with van der Waals surface area (Å²) in [6.07, 6.45) is 4.66. The Morgan fingerprint density at radius 3 is 2.78 bits per heavy atom. The summed E-state index contributed by atoms with van der Waals surface area (Å²) in [5.74, 6) is 0.881. The molecule has 1 aromatic carbocycles. The molecule has 1 aliphatic rings. The van der Waals surface area contributed by atoms with E-state index >= 15 is 0 Å². The second-order valence-electron chi connectivity index (χ2n) is 6.10. The normalized spacial score (nSPS) is 28.6. The van der Waals surface area contributed by atoms with Gasteiger partial charge in [0.2, 0.25) is 0 Å². The van der Waals surface area contributed by atoms with E-state index in [0.717, 1.165) is 19.3 Å². The van der Waals surface area contributed by atoms with Crippen LogP contribution in [0.1, 0.15) is 51.5 Å². The summed E-state index contributed by atoms with van der Waals surface area (Å²) in [6, 6.07) is 6.66. The van der Waals surface area contributed by atoms with Crippen LogP contribution in [0.4, 0.5) is 4.39 Å². The first kappa shape index (κ1) is 13.5. The van der Waals surface area contributed by atoms with Crippen molar-refractivity contribution in [2.45, 2.75) is 51.6 Å². The molecule has 100 valence electrons. The van der Waals surface area contributed by atoms with Gasteiger partial charge >= 0.3 is 0 Å². The van der Waals surface area contributed by atoms with Crippen molar-refractivity contribution in [3.63, 3.8) is 0 Å². The smallest absolute Gasteiger partial charge is 0.129 e. The van der Waals surface area contributed by atoms with Crippen LogP contribution >= 0.6 is 0 Å². The molecule has 0 aliphatic heterocycles. The van der Waals surface area contributed by atoms with Crippen LogP contribution in [0.2, 0.25) is 0 Å². The van der Waals surface area contributed by atoms with Crippen LogP contribution in [0.3, 0.4) is 0 Å². The van der Waals surface area contributed by atoms with E-state index in [0.29, 0.717) is 30.2 Å². The summed E-state index contributed by atoms with van der Waals surface area (Å²) >= 11 is 0. The van der Waals surface area contributed by atoms with E-state index in [1.54, 1.807) is 12.1 Å². The Kier molecular flexibility index (Phi) is 4.06. The van der Waals surface area contributed by atoms with E-state index < -0.39 is 5.60 Å². The molecule has 0 spiro atoms. The van der Waals surface area contributed by atoms with Crippen LogP contribution in [-0.4, -0.2) is 5.11 Å². The minimum absolute atomic E-state index is 0.273. The molecule has 2 atom stereocenters. The highest BCUT2D eigenvalue weighted by Gasteiger charge is 2.37. The maximum Gasteiger partial charge on any atom is 0.129 e. The maximum atomic E-state index is 13.8. The van der Waals surface area contributed by atoms with Crippen LogP contribution in [0.25, 0.3) is 0 Å². The molecule has 0 amide bonds. The summed E-state index contributed by atoms with van der Waals surface area (Å²) in [4.78, 5) is 0. The first-order chi connectivity index (χ1) is 8.51. The van der Waals surface area contributed by atoms with Gasteiger partial charge in [-0.15, -0.1) is 0 Å². The highest BCUT2D eigenvalue weighted by Crippen LogP contribution is 2.42. The predicted molar refractivity (Wildman–Crippen MR) is 71.7 cm³/mol. The van der Waals surface area contributed by atoms with Crippen molar-refractivity contribution in [2.75, 3.05) is 0 Å². The molecule has 1 nitrogen and oxygen atoms in total. The van der Waals surface area contributed by atoms with Crippen molar-refractivity contribution in [1.29, 1.82) is 0 Å². The number of halogens is 1. The van der Waals surface area contributed by atoms with Crippen LogP contribution in [0.5, 0.6) is 0 Å². The number of aliphatic hydroxyl groups is 1. The average Bonchev–Trinajstić information content (AvgIpc) is 2.28. The fourth-order valence-electron chi connectivity index (χ4n) is 3.32. The Hall–Kier alpha value is -0.890. The van der Waals surface area contributed by atoms with E-state index in [2.05, 4.69) is 13.8 Å². The van der Waals surface area contributed by atoms with Gasteiger partial charge in [0.25, 0.3) is 0 Å². The van der Waals surface area contributed by atoms with Gasteiger partial charge in [-0.3, -0.25) is 0 Å². The van der Waals surface area contributed by atoms with Gasteiger partial charge in [0, 0.05) is 5.56 Å². The molecule has 1 fully saturated rings. The first-order valence-electron chi connectivity index (χ1n) is 6.98. The van der Waals surface area contributed by atoms with E-state index in [1.807, 2.05) is 6.07 Å². The van der Waals surface area contributed by atoms with Gasteiger partial charge in [-0.25, -0.2) is 4.39 Å². The fourth-order valence-corrected chi connectivity index (χ4v) is 3.32. The zero-order valence-electron chi connectivity index (χ0n) is 11.3. The number of hydrogen-bond acceptors (Lipinski definition) is 1. The topological polar surface area (TPSA) is 20.2 Å². The van der Waals surface area contributed by atoms with Gasteiger partial charge in [-0.05, 0) is 43.6 Å². The lowest BCUT2D eigenvalue weighted by Gasteiger charge is -2.38. The zero-order chi connectivity index (χ0) is 13.2. The SMILES string of the molecule is CC(C)CC1CCCC(O)(c2ccccc2F)C1. The summed E-state index contributed by atoms with van der Waals surface area (Å²) < 4.78 is 13.8. The molecular weight excluding hydrogens is 227 g/mol. The van der Waals surface area contributed by atoms with Gasteiger partial charge < -0.3 is 5.11 Å². The highest BCUT2D eigenvalue weighted by molar-refractivity contribution is 5.25. The molecule has 1 aliphatic carbocycles. The minimum atomic E-state index is -0.955. The molecule has 2 heteroatoms. The summed E-state index contributed by atoms with van der Waals surface area (Å²) in [6.45, 7) is 4.41. The minimum Gasteiger partial charge on any atom is -0.385 e. The van der Waals surface area contributed by atoms with E-state index in [9.17, 15) is 9.50 Å². The maximum absolute atomic E-state index is 13.8. The summed E-state index contributed by atoms with van der Waals surface area (Å²) in [7, 11) is 0. The second-order valence-corrected chi connectivity index (χ2v) is 6.10. The Labute approximate surface area is 109 Å². The lowest BCUT2D eigenvalue weighted by molar-refractivity contribution is -0.0271. The third-order valence-corrected chi connectivity index (χ3v) is 4.01. The number of rotatable bonds is 3. The van der Waals surface area contributed by atoms with Gasteiger partial charge in [0.15, 0.2) is 0 Å². The van der Waals surface area contributed by atoms with E-state index in [1.165, 1.54) is 6.07 Å². The average molecular weight is 250 g/mol. The molecule has 1 saturated carbocycles. The van der Waals surface area contributed by atoms with Crippen LogP contribution in [-0.2, 0) is 5.60 Å². The lowest BCUT2D eigenvalue weighted by Crippen LogP contribution is -2.34. The van der Waals surface area contributed by atoms with E-state index in [4.69, 9.17) is 0 Å². The quantitative estimate of drug-likeness (QED) is 0.850. The highest BCUT2D eigenvalue weighted by atomic mass is 19.1. The standard InChI is InChI=1S/C16H23FO/c1-12(2)10-13-6-5-9-16(18,11-13)14-7-3-4-8-15(14)17/h3-4,7-8,12-13,18H,5-6,9-11H2,1-2H3. The summed E-state index contributed by atoms with van der Waals surface area (Å²) in [5.41, 5.74) is -0.471. The van der Waals surface area contributed by atoms with Crippen LogP contribution in [0, 0.1) is 17.7 Å². The molecular formula is C16H23FO. The van der Waals surface area contributed by atoms with Crippen molar-refractivity contribution in [3.8, 4) is 0 Å². The molecule has 18 heavy (non-hydrogen) atoms. The number of benzene rings is 1. The van der Waals surface area contributed by atoms with Crippen LogP contribution < -0.4 is 0 Å². The van der Waals surface area contributed by atoms with Crippen molar-refractivity contribution < 1.29 is 9.50 Å². The molecule has 2 rings (SSSR count). The molecule has 0 radical (unpaired) electrons. The lowest BCUT2D eigenvalue weighted by atomic mass is 9.72. The molecule has 1 aromatic rings. The molecule has 0 heterocycles. The van der Waals surface area contributed by atoms with Gasteiger partial charge in [0.05, 0.1) is 5.60 Å². The van der Waals surface area contributed by atoms with Crippen molar-refractivity contribution >= 4 is 0 Å². The Morgan fingerprint density at radius 1 is 1.39 bits per heavy atom. The fraction of sp³-hybridized carbons (Fsp3) is 0.625. The molecule has 2 unspecified atom stereocenters. The Morgan fingerprint density at radius 2 is 2.11 bits per heavy atom. The van der Waals surface area contributed by atoms with Crippen molar-refractivity contribution in [2.24, 2.45) is 11.8 Å². The third kappa shape index (κ3) is 2.92. The molecule has 0 bridgehead atoms. The third-order valence-electron chi connectivity index (χ3n) is 4.01.